The van der Waals surface area contributed by atoms with Crippen molar-refractivity contribution < 1.29 is 19.2 Å². The summed E-state index contributed by atoms with van der Waals surface area (Å²) in [5, 5.41) is 10.6. The molecular formula is C21H19NO5. The average Bonchev–Trinajstić information content (AvgIpc) is 2.70. The molecule has 0 amide bonds. The second-order valence-electron chi connectivity index (χ2n) is 6.40. The number of ketones is 1. The number of Topliss-reactive ketones (excluding diaryl/α,β-unsaturated/α-hetero) is 1. The van der Waals surface area contributed by atoms with Crippen LogP contribution in [0.5, 0.6) is 0 Å². The number of rotatable bonds is 6. The lowest BCUT2D eigenvalue weighted by atomic mass is 9.90. The van der Waals surface area contributed by atoms with E-state index in [-0.39, 0.29) is 18.1 Å². The predicted octanol–water partition coefficient (Wildman–Crippen LogP) is 3.91. The average molecular weight is 365 g/mol. The predicted molar refractivity (Wildman–Crippen MR) is 101 cm³/mol. The van der Waals surface area contributed by atoms with Gasteiger partial charge in [-0.25, -0.2) is 4.79 Å². The minimum absolute atomic E-state index is 0.0228. The van der Waals surface area contributed by atoms with Crippen molar-refractivity contribution in [1.29, 1.82) is 0 Å². The zero-order chi connectivity index (χ0) is 19.2. The van der Waals surface area contributed by atoms with Gasteiger partial charge in [0.1, 0.15) is 0 Å². The van der Waals surface area contributed by atoms with Crippen molar-refractivity contribution in [3.05, 3.63) is 80.9 Å². The number of fused-ring (bicyclic) bond motifs is 1. The zero-order valence-electron chi connectivity index (χ0n) is 14.7. The number of benzene rings is 2. The molecular weight excluding hydrogens is 346 g/mol. The summed E-state index contributed by atoms with van der Waals surface area (Å²) in [6.45, 7) is -0.317. The first-order chi connectivity index (χ1) is 13.0. The Morgan fingerprint density at radius 1 is 1.04 bits per heavy atom. The van der Waals surface area contributed by atoms with Crippen LogP contribution in [0, 0.1) is 10.1 Å². The van der Waals surface area contributed by atoms with Gasteiger partial charge in [0.05, 0.1) is 4.92 Å². The Bertz CT molecular complexity index is 899. The fraction of sp³-hybridized carbons (Fsp3) is 0.238. The van der Waals surface area contributed by atoms with E-state index < -0.39 is 10.9 Å². The lowest BCUT2D eigenvalue weighted by Crippen LogP contribution is -2.13. The van der Waals surface area contributed by atoms with Gasteiger partial charge in [-0.3, -0.25) is 14.9 Å². The molecule has 6 nitrogen and oxygen atoms in total. The number of carbonyl (C=O) groups is 2. The first-order valence-electron chi connectivity index (χ1n) is 8.77. The highest BCUT2D eigenvalue weighted by molar-refractivity contribution is 5.99. The number of nitro groups is 1. The van der Waals surface area contributed by atoms with E-state index in [1.165, 1.54) is 54.0 Å². The summed E-state index contributed by atoms with van der Waals surface area (Å²) >= 11 is 0. The second kappa shape index (κ2) is 8.40. The molecule has 0 unspecified atom stereocenters. The largest absolute Gasteiger partial charge is 0.454 e. The molecule has 0 radical (unpaired) electrons. The molecule has 0 saturated heterocycles. The number of nitro benzene ring substituents is 1. The highest BCUT2D eigenvalue weighted by Crippen LogP contribution is 2.22. The highest BCUT2D eigenvalue weighted by Gasteiger charge is 2.14. The molecule has 0 heterocycles. The molecule has 2 aromatic carbocycles. The normalized spacial score (nSPS) is 13.2. The molecule has 1 aliphatic rings. The lowest BCUT2D eigenvalue weighted by Gasteiger charge is -2.16. The molecule has 0 atom stereocenters. The first-order valence-corrected chi connectivity index (χ1v) is 8.77. The number of hydrogen-bond donors (Lipinski definition) is 0. The minimum atomic E-state index is -0.639. The van der Waals surface area contributed by atoms with Gasteiger partial charge in [-0.2, -0.15) is 0 Å². The summed E-state index contributed by atoms with van der Waals surface area (Å²) in [6, 6.07) is 11.4. The Balaban J connectivity index is 1.54. The summed E-state index contributed by atoms with van der Waals surface area (Å²) in [6.07, 6.45) is 7.02. The highest BCUT2D eigenvalue weighted by atomic mass is 16.6. The molecule has 2 aromatic rings. The van der Waals surface area contributed by atoms with Crippen molar-refractivity contribution in [3.8, 4) is 0 Å². The smallest absolute Gasteiger partial charge is 0.331 e. The fourth-order valence-corrected chi connectivity index (χ4v) is 3.05. The van der Waals surface area contributed by atoms with E-state index in [0.29, 0.717) is 11.1 Å². The molecule has 0 N–H and O–H groups in total. The van der Waals surface area contributed by atoms with E-state index in [4.69, 9.17) is 4.74 Å². The third-order valence-electron chi connectivity index (χ3n) is 4.53. The Morgan fingerprint density at radius 3 is 2.44 bits per heavy atom. The van der Waals surface area contributed by atoms with Gasteiger partial charge in [0, 0.05) is 23.8 Å². The summed E-state index contributed by atoms with van der Waals surface area (Å²) in [4.78, 5) is 34.1. The van der Waals surface area contributed by atoms with Crippen LogP contribution in [0.25, 0.3) is 6.08 Å². The quantitative estimate of drug-likeness (QED) is 0.255. The second-order valence-corrected chi connectivity index (χ2v) is 6.40. The van der Waals surface area contributed by atoms with Crippen LogP contribution >= 0.6 is 0 Å². The molecule has 1 aliphatic carbocycles. The van der Waals surface area contributed by atoms with Crippen LogP contribution in [-0.4, -0.2) is 23.3 Å². The number of aryl methyl sites for hydroxylation is 2. The summed E-state index contributed by atoms with van der Waals surface area (Å²) in [7, 11) is 0. The summed E-state index contributed by atoms with van der Waals surface area (Å²) in [5.74, 6) is -0.875. The van der Waals surface area contributed by atoms with Crippen molar-refractivity contribution in [3.63, 3.8) is 0 Å². The molecule has 138 valence electrons. The maximum atomic E-state index is 12.2. The fourth-order valence-electron chi connectivity index (χ4n) is 3.05. The van der Waals surface area contributed by atoms with Crippen LogP contribution in [0.3, 0.4) is 0 Å². The molecule has 6 heteroatoms. The number of nitrogens with zero attached hydrogens (tertiary/aromatic N) is 1. The third-order valence-corrected chi connectivity index (χ3v) is 4.53. The van der Waals surface area contributed by atoms with Gasteiger partial charge >= 0.3 is 5.97 Å². The van der Waals surface area contributed by atoms with Crippen molar-refractivity contribution >= 4 is 23.5 Å². The monoisotopic (exact) mass is 365 g/mol. The molecule has 27 heavy (non-hydrogen) atoms. The van der Waals surface area contributed by atoms with Crippen LogP contribution in [0.4, 0.5) is 5.69 Å². The van der Waals surface area contributed by atoms with Crippen LogP contribution in [0.1, 0.15) is 39.9 Å². The van der Waals surface area contributed by atoms with Gasteiger partial charge in [-0.1, -0.05) is 12.1 Å². The number of non-ortho nitro benzene ring substituents is 1. The number of ether oxygens (including phenoxy) is 1. The molecule has 0 saturated carbocycles. The Hall–Kier alpha value is -3.28. The van der Waals surface area contributed by atoms with Crippen molar-refractivity contribution in [2.24, 2.45) is 0 Å². The Labute approximate surface area is 156 Å². The number of carbonyl (C=O) groups excluding carboxylic acids is 2. The van der Waals surface area contributed by atoms with Crippen LogP contribution in [0.2, 0.25) is 0 Å². The van der Waals surface area contributed by atoms with Crippen LogP contribution in [-0.2, 0) is 22.4 Å². The molecule has 0 aliphatic heterocycles. The SMILES string of the molecule is O=C(/C=C/c1ccc([N+](=O)[O-])cc1)OCC(=O)c1ccc2c(c1)CCCC2. The van der Waals surface area contributed by atoms with Crippen LogP contribution < -0.4 is 0 Å². The van der Waals surface area contributed by atoms with Gasteiger partial charge in [0.25, 0.3) is 5.69 Å². The van der Waals surface area contributed by atoms with Gasteiger partial charge in [-0.15, -0.1) is 0 Å². The minimum Gasteiger partial charge on any atom is -0.454 e. The number of hydrogen-bond acceptors (Lipinski definition) is 5. The molecule has 0 fully saturated rings. The summed E-state index contributed by atoms with van der Waals surface area (Å²) in [5.41, 5.74) is 3.66. The lowest BCUT2D eigenvalue weighted by molar-refractivity contribution is -0.384. The van der Waals surface area contributed by atoms with Crippen molar-refractivity contribution in [2.45, 2.75) is 25.7 Å². The molecule has 3 rings (SSSR count). The number of esters is 1. The molecule has 0 aromatic heterocycles. The standard InChI is InChI=1S/C21H19NO5/c23-20(18-9-8-16-3-1-2-4-17(16)13-18)14-27-21(24)12-7-15-5-10-19(11-6-15)22(25)26/h5-13H,1-4,14H2/b12-7+. The topological polar surface area (TPSA) is 86.5 Å². The van der Waals surface area contributed by atoms with Gasteiger partial charge < -0.3 is 4.74 Å². The Kier molecular flexibility index (Phi) is 5.76. The third kappa shape index (κ3) is 4.88. The van der Waals surface area contributed by atoms with E-state index in [0.717, 1.165) is 19.3 Å². The van der Waals surface area contributed by atoms with E-state index in [1.807, 2.05) is 12.1 Å². The Morgan fingerprint density at radius 2 is 1.74 bits per heavy atom. The van der Waals surface area contributed by atoms with Crippen LogP contribution in [0.15, 0.2) is 48.5 Å². The zero-order valence-corrected chi connectivity index (χ0v) is 14.7. The van der Waals surface area contributed by atoms with E-state index in [9.17, 15) is 19.7 Å². The maximum Gasteiger partial charge on any atom is 0.331 e. The van der Waals surface area contributed by atoms with Gasteiger partial charge in [-0.05, 0) is 66.6 Å². The van der Waals surface area contributed by atoms with Gasteiger partial charge in [0.2, 0.25) is 0 Å². The van der Waals surface area contributed by atoms with E-state index in [2.05, 4.69) is 0 Å². The van der Waals surface area contributed by atoms with Gasteiger partial charge in [0.15, 0.2) is 12.4 Å². The maximum absolute atomic E-state index is 12.2. The molecule has 0 bridgehead atoms. The first kappa shape index (κ1) is 18.5. The van der Waals surface area contributed by atoms with E-state index in [1.54, 1.807) is 6.07 Å². The summed E-state index contributed by atoms with van der Waals surface area (Å²) < 4.78 is 5.00. The van der Waals surface area contributed by atoms with Crippen molar-refractivity contribution in [2.75, 3.05) is 6.61 Å². The van der Waals surface area contributed by atoms with Crippen molar-refractivity contribution in [1.82, 2.24) is 0 Å². The van der Waals surface area contributed by atoms with E-state index >= 15 is 0 Å². The molecule has 0 spiro atoms.